The lowest BCUT2D eigenvalue weighted by Crippen LogP contribution is -2.22. The van der Waals surface area contributed by atoms with Gasteiger partial charge in [0, 0.05) is 31.9 Å². The zero-order valence-corrected chi connectivity index (χ0v) is 16.7. The van der Waals surface area contributed by atoms with Gasteiger partial charge in [0.25, 0.3) is 5.56 Å². The fraction of sp³-hybridized carbons (Fsp3) is 0.350. The van der Waals surface area contributed by atoms with Crippen molar-refractivity contribution in [3.8, 4) is 0 Å². The number of aromatic nitrogens is 6. The largest absolute Gasteiger partial charge is 0.371 e. The number of rotatable bonds is 3. The lowest BCUT2D eigenvalue weighted by Gasteiger charge is -2.20. The predicted octanol–water partition coefficient (Wildman–Crippen LogP) is 1.98. The molecule has 0 N–H and O–H groups in total. The van der Waals surface area contributed by atoms with Crippen LogP contribution in [0.5, 0.6) is 0 Å². The van der Waals surface area contributed by atoms with Crippen LogP contribution >= 0.6 is 0 Å². The number of halogens is 2. The molecule has 2 atom stereocenters. The number of piperidine rings is 1. The van der Waals surface area contributed by atoms with Gasteiger partial charge in [0.05, 0.1) is 6.33 Å². The Balaban J connectivity index is 0.000000134. The van der Waals surface area contributed by atoms with Crippen LogP contribution in [0.1, 0.15) is 12.3 Å². The molecule has 0 amide bonds. The molecule has 1 aromatic carbocycles. The Hall–Kier alpha value is -3.63. The van der Waals surface area contributed by atoms with Gasteiger partial charge in [-0.15, -0.1) is 0 Å². The SMILES string of the molecule is Cn1cnc2ncn(Cc3ncno3)c(=O)c21.Fc1cc(F)cc(N2C[C@H]3C[C@H]3C2)c1. The van der Waals surface area contributed by atoms with Crippen LogP contribution in [0.4, 0.5) is 14.5 Å². The smallest absolute Gasteiger partial charge is 0.280 e. The fourth-order valence-electron chi connectivity index (χ4n) is 3.93. The van der Waals surface area contributed by atoms with E-state index in [1.54, 1.807) is 17.9 Å². The Kier molecular flexibility index (Phi) is 4.72. The third-order valence-corrected chi connectivity index (χ3v) is 5.60. The predicted molar refractivity (Wildman–Crippen MR) is 106 cm³/mol. The van der Waals surface area contributed by atoms with Crippen molar-refractivity contribution in [2.45, 2.75) is 13.0 Å². The Morgan fingerprint density at radius 2 is 1.77 bits per heavy atom. The van der Waals surface area contributed by atoms with Gasteiger partial charge < -0.3 is 14.0 Å². The number of nitrogens with zero attached hydrogens (tertiary/aromatic N) is 7. The zero-order valence-electron chi connectivity index (χ0n) is 16.7. The lowest BCUT2D eigenvalue weighted by molar-refractivity contribution is 0.368. The average molecular weight is 427 g/mol. The van der Waals surface area contributed by atoms with Crippen molar-refractivity contribution in [3.05, 3.63) is 65.1 Å². The molecule has 1 aliphatic heterocycles. The van der Waals surface area contributed by atoms with E-state index in [1.807, 2.05) is 0 Å². The van der Waals surface area contributed by atoms with Crippen LogP contribution in [0.25, 0.3) is 11.2 Å². The molecule has 2 fully saturated rings. The van der Waals surface area contributed by atoms with E-state index in [1.165, 1.54) is 35.8 Å². The van der Waals surface area contributed by atoms with E-state index in [0.717, 1.165) is 31.0 Å². The third kappa shape index (κ3) is 3.90. The molecule has 4 aromatic rings. The number of hydrogen-bond donors (Lipinski definition) is 0. The maximum Gasteiger partial charge on any atom is 0.280 e. The van der Waals surface area contributed by atoms with E-state index in [2.05, 4.69) is 25.0 Å². The van der Waals surface area contributed by atoms with Gasteiger partial charge in [0.1, 0.15) is 24.5 Å². The van der Waals surface area contributed by atoms with Crippen LogP contribution in [0.3, 0.4) is 0 Å². The van der Waals surface area contributed by atoms with E-state index in [9.17, 15) is 13.6 Å². The topological polar surface area (TPSA) is 94.9 Å². The quantitative estimate of drug-likeness (QED) is 0.493. The van der Waals surface area contributed by atoms with Crippen molar-refractivity contribution in [1.29, 1.82) is 0 Å². The van der Waals surface area contributed by atoms with Crippen LogP contribution in [-0.4, -0.2) is 42.3 Å². The summed E-state index contributed by atoms with van der Waals surface area (Å²) in [6, 6.07) is 3.74. The second-order valence-electron chi connectivity index (χ2n) is 7.83. The fourth-order valence-corrected chi connectivity index (χ4v) is 3.93. The molecule has 3 aromatic heterocycles. The Bertz CT molecular complexity index is 1250. The summed E-state index contributed by atoms with van der Waals surface area (Å²) in [6.07, 6.45) is 5.56. The molecular formula is C20H19F2N7O2. The summed E-state index contributed by atoms with van der Waals surface area (Å²) in [7, 11) is 1.75. The minimum atomic E-state index is -0.486. The van der Waals surface area contributed by atoms with Crippen LogP contribution in [-0.2, 0) is 13.6 Å². The summed E-state index contributed by atoms with van der Waals surface area (Å²) < 4.78 is 33.7. The van der Waals surface area contributed by atoms with Crippen molar-refractivity contribution < 1.29 is 13.3 Å². The molecule has 6 rings (SSSR count). The molecule has 0 spiro atoms. The van der Waals surface area contributed by atoms with Crippen LogP contribution in [0.15, 0.2) is 46.5 Å². The van der Waals surface area contributed by atoms with Crippen molar-refractivity contribution in [1.82, 2.24) is 29.2 Å². The average Bonchev–Trinajstić information content (AvgIpc) is 3.12. The number of anilines is 1. The standard InChI is InChI=1S/C11H11F2N.C9H8N6O2/c12-9-2-10(13)4-11(3-9)14-5-7-1-8(7)6-14;1-14-4-11-8-7(14)9(16)15(5-12-8)2-6-10-3-13-17-6/h2-4,7-8H,1,5-6H2;3-5H,2H2,1H3/t7-,8+;. The molecule has 11 heteroatoms. The monoisotopic (exact) mass is 427 g/mol. The van der Waals surface area contributed by atoms with Crippen LogP contribution in [0.2, 0.25) is 0 Å². The highest BCUT2D eigenvalue weighted by atomic mass is 19.1. The molecule has 1 saturated heterocycles. The highest BCUT2D eigenvalue weighted by molar-refractivity contribution is 5.68. The molecule has 2 aliphatic rings. The maximum absolute atomic E-state index is 12.9. The number of aryl methyl sites for hydroxylation is 1. The van der Waals surface area contributed by atoms with Gasteiger partial charge >= 0.3 is 0 Å². The van der Waals surface area contributed by atoms with Crippen molar-refractivity contribution >= 4 is 16.9 Å². The van der Waals surface area contributed by atoms with Gasteiger partial charge in [-0.05, 0) is 30.4 Å². The molecule has 1 aliphatic carbocycles. The van der Waals surface area contributed by atoms with E-state index in [4.69, 9.17) is 4.52 Å². The van der Waals surface area contributed by atoms with Gasteiger partial charge in [0.15, 0.2) is 17.5 Å². The van der Waals surface area contributed by atoms with Gasteiger partial charge in [-0.3, -0.25) is 9.36 Å². The van der Waals surface area contributed by atoms with Crippen LogP contribution in [0, 0.1) is 23.5 Å². The Labute approximate surface area is 175 Å². The number of fused-ring (bicyclic) bond motifs is 2. The van der Waals surface area contributed by atoms with Gasteiger partial charge in [-0.2, -0.15) is 4.98 Å². The molecule has 4 heterocycles. The first-order chi connectivity index (χ1) is 15.0. The normalized spacial score (nSPS) is 19.3. The van der Waals surface area contributed by atoms with E-state index in [0.29, 0.717) is 22.7 Å². The second kappa shape index (κ2) is 7.56. The van der Waals surface area contributed by atoms with Crippen LogP contribution < -0.4 is 10.5 Å². The first-order valence-corrected chi connectivity index (χ1v) is 9.81. The van der Waals surface area contributed by atoms with E-state index >= 15 is 0 Å². The molecule has 160 valence electrons. The lowest BCUT2D eigenvalue weighted by atomic mass is 10.2. The minimum Gasteiger partial charge on any atom is -0.371 e. The minimum absolute atomic E-state index is 0.187. The van der Waals surface area contributed by atoms with Gasteiger partial charge in [-0.25, -0.2) is 18.7 Å². The molecule has 1 saturated carbocycles. The Morgan fingerprint density at radius 3 is 2.45 bits per heavy atom. The molecule has 31 heavy (non-hydrogen) atoms. The number of benzene rings is 1. The number of imidazole rings is 1. The highest BCUT2D eigenvalue weighted by Crippen LogP contribution is 2.46. The molecule has 9 nitrogen and oxygen atoms in total. The molecule has 0 radical (unpaired) electrons. The summed E-state index contributed by atoms with van der Waals surface area (Å²) in [5.74, 6) is 0.944. The molecule has 0 bridgehead atoms. The first kappa shape index (κ1) is 19.3. The zero-order chi connectivity index (χ0) is 21.5. The maximum atomic E-state index is 12.9. The van der Waals surface area contributed by atoms with Gasteiger partial charge in [-0.1, -0.05) is 5.16 Å². The first-order valence-electron chi connectivity index (χ1n) is 9.81. The van der Waals surface area contributed by atoms with E-state index < -0.39 is 11.6 Å². The van der Waals surface area contributed by atoms with Crippen molar-refractivity contribution in [2.75, 3.05) is 18.0 Å². The van der Waals surface area contributed by atoms with Crippen molar-refractivity contribution in [3.63, 3.8) is 0 Å². The van der Waals surface area contributed by atoms with Crippen molar-refractivity contribution in [2.24, 2.45) is 18.9 Å². The summed E-state index contributed by atoms with van der Waals surface area (Å²) in [5.41, 5.74) is 1.38. The molecular weight excluding hydrogens is 408 g/mol. The molecule has 0 unspecified atom stereocenters. The highest BCUT2D eigenvalue weighted by Gasteiger charge is 2.45. The number of hydrogen-bond acceptors (Lipinski definition) is 7. The second-order valence-corrected chi connectivity index (χ2v) is 7.83. The third-order valence-electron chi connectivity index (χ3n) is 5.60. The summed E-state index contributed by atoms with van der Waals surface area (Å²) in [4.78, 5) is 26.1. The summed E-state index contributed by atoms with van der Waals surface area (Å²) >= 11 is 0. The van der Waals surface area contributed by atoms with E-state index in [-0.39, 0.29) is 12.1 Å². The summed E-state index contributed by atoms with van der Waals surface area (Å²) in [6.45, 7) is 2.13. The van der Waals surface area contributed by atoms with Gasteiger partial charge in [0.2, 0.25) is 5.89 Å². The Morgan fingerprint density at radius 1 is 1.06 bits per heavy atom. The summed E-state index contributed by atoms with van der Waals surface area (Å²) in [5, 5.41) is 3.48.